The number of methoxy groups -OCH3 is 1. The van der Waals surface area contributed by atoms with Crippen molar-refractivity contribution in [3.8, 4) is 5.88 Å². The van der Waals surface area contributed by atoms with Crippen LogP contribution in [0.15, 0.2) is 30.6 Å². The number of nitro groups is 1. The first-order valence-electron chi connectivity index (χ1n) is 5.64. The molecule has 0 fully saturated rings. The van der Waals surface area contributed by atoms with Crippen molar-refractivity contribution >= 4 is 11.5 Å². The molecular weight excluding hydrogens is 267 g/mol. The van der Waals surface area contributed by atoms with E-state index in [-0.39, 0.29) is 23.9 Å². The molecule has 2 rings (SSSR count). The normalized spacial score (nSPS) is 10.1. The molecule has 0 saturated heterocycles. The largest absolute Gasteiger partial charge is 0.476 e. The smallest absolute Gasteiger partial charge is 0.372 e. The third-order valence-electron chi connectivity index (χ3n) is 2.57. The van der Waals surface area contributed by atoms with E-state index in [9.17, 15) is 14.5 Å². The molecular formula is C12H11FN4O3. The molecule has 0 spiro atoms. The molecule has 20 heavy (non-hydrogen) atoms. The van der Waals surface area contributed by atoms with Gasteiger partial charge in [0.2, 0.25) is 5.82 Å². The molecule has 2 aromatic rings. The van der Waals surface area contributed by atoms with Gasteiger partial charge in [0.15, 0.2) is 0 Å². The van der Waals surface area contributed by atoms with Gasteiger partial charge in [0.05, 0.1) is 12.0 Å². The number of hydrogen-bond donors (Lipinski definition) is 1. The lowest BCUT2D eigenvalue weighted by Crippen LogP contribution is -2.08. The molecule has 0 unspecified atom stereocenters. The average Bonchev–Trinajstić information content (AvgIpc) is 2.45. The van der Waals surface area contributed by atoms with Crippen LogP contribution in [0.3, 0.4) is 0 Å². The van der Waals surface area contributed by atoms with Crippen molar-refractivity contribution in [2.75, 3.05) is 12.4 Å². The standard InChI is InChI=1S/C12H11FN4O3/c1-20-12-10(17(18)19)11(15-7-16-12)14-6-8-4-2-3-5-9(8)13/h2-5,7H,6H2,1H3,(H,14,15,16). The molecule has 0 saturated carbocycles. The molecule has 0 atom stereocenters. The number of rotatable bonds is 5. The monoisotopic (exact) mass is 278 g/mol. The van der Waals surface area contributed by atoms with Crippen LogP contribution in [-0.4, -0.2) is 22.0 Å². The van der Waals surface area contributed by atoms with Crippen molar-refractivity contribution in [2.24, 2.45) is 0 Å². The molecule has 1 N–H and O–H groups in total. The minimum Gasteiger partial charge on any atom is -0.476 e. The van der Waals surface area contributed by atoms with Gasteiger partial charge in [0, 0.05) is 12.1 Å². The SMILES string of the molecule is COc1ncnc(NCc2ccccc2F)c1[N+](=O)[O-]. The summed E-state index contributed by atoms with van der Waals surface area (Å²) in [6.45, 7) is 0.0632. The van der Waals surface area contributed by atoms with Gasteiger partial charge in [-0.05, 0) is 6.07 Å². The second kappa shape index (κ2) is 5.91. The topological polar surface area (TPSA) is 90.2 Å². The lowest BCUT2D eigenvalue weighted by Gasteiger charge is -2.08. The lowest BCUT2D eigenvalue weighted by atomic mass is 10.2. The molecule has 1 aromatic heterocycles. The maximum absolute atomic E-state index is 13.5. The fourth-order valence-corrected chi connectivity index (χ4v) is 1.63. The van der Waals surface area contributed by atoms with Crippen LogP contribution in [0.4, 0.5) is 15.9 Å². The van der Waals surface area contributed by atoms with E-state index in [0.29, 0.717) is 5.56 Å². The molecule has 1 aromatic carbocycles. The van der Waals surface area contributed by atoms with Crippen LogP contribution in [0.2, 0.25) is 0 Å². The maximum atomic E-state index is 13.5. The number of ether oxygens (including phenoxy) is 1. The molecule has 0 aliphatic heterocycles. The number of nitrogens with one attached hydrogen (secondary N) is 1. The lowest BCUT2D eigenvalue weighted by molar-refractivity contribution is -0.385. The summed E-state index contributed by atoms with van der Waals surface area (Å²) < 4.78 is 18.3. The summed E-state index contributed by atoms with van der Waals surface area (Å²) in [6, 6.07) is 6.13. The summed E-state index contributed by atoms with van der Waals surface area (Å²) in [7, 11) is 1.27. The van der Waals surface area contributed by atoms with Gasteiger partial charge in [-0.15, -0.1) is 0 Å². The van der Waals surface area contributed by atoms with Gasteiger partial charge in [-0.1, -0.05) is 18.2 Å². The maximum Gasteiger partial charge on any atom is 0.372 e. The van der Waals surface area contributed by atoms with E-state index in [2.05, 4.69) is 15.3 Å². The highest BCUT2D eigenvalue weighted by molar-refractivity contribution is 5.61. The van der Waals surface area contributed by atoms with Crippen LogP contribution in [0, 0.1) is 15.9 Å². The number of anilines is 1. The molecule has 0 bridgehead atoms. The predicted octanol–water partition coefficient (Wildman–Crippen LogP) is 2.14. The van der Waals surface area contributed by atoms with Gasteiger partial charge >= 0.3 is 5.69 Å². The predicted molar refractivity (Wildman–Crippen MR) is 69.0 cm³/mol. The molecule has 8 heteroatoms. The molecule has 0 aliphatic rings. The second-order valence-corrected chi connectivity index (χ2v) is 3.78. The first-order chi connectivity index (χ1) is 9.63. The van der Waals surface area contributed by atoms with E-state index in [0.717, 1.165) is 6.33 Å². The van der Waals surface area contributed by atoms with E-state index >= 15 is 0 Å². The van der Waals surface area contributed by atoms with Crippen LogP contribution in [0.1, 0.15) is 5.56 Å². The first-order valence-corrected chi connectivity index (χ1v) is 5.64. The van der Waals surface area contributed by atoms with E-state index in [4.69, 9.17) is 4.74 Å². The van der Waals surface area contributed by atoms with Gasteiger partial charge in [0.1, 0.15) is 12.1 Å². The fourth-order valence-electron chi connectivity index (χ4n) is 1.63. The minimum atomic E-state index is -0.650. The second-order valence-electron chi connectivity index (χ2n) is 3.78. The number of hydrogen-bond acceptors (Lipinski definition) is 6. The third kappa shape index (κ3) is 2.79. The summed E-state index contributed by atoms with van der Waals surface area (Å²) >= 11 is 0. The van der Waals surface area contributed by atoms with Crippen molar-refractivity contribution in [1.29, 1.82) is 0 Å². The number of nitrogens with zero attached hydrogens (tertiary/aromatic N) is 3. The van der Waals surface area contributed by atoms with Crippen LogP contribution >= 0.6 is 0 Å². The minimum absolute atomic E-state index is 0.0231. The Morgan fingerprint density at radius 1 is 1.40 bits per heavy atom. The van der Waals surface area contributed by atoms with E-state index in [1.165, 1.54) is 13.2 Å². The zero-order valence-corrected chi connectivity index (χ0v) is 10.5. The van der Waals surface area contributed by atoms with Gasteiger partial charge in [0.25, 0.3) is 5.88 Å². The van der Waals surface area contributed by atoms with E-state index in [1.807, 2.05) is 0 Å². The van der Waals surface area contributed by atoms with Crippen LogP contribution in [0.25, 0.3) is 0 Å². The Kier molecular flexibility index (Phi) is 4.04. The van der Waals surface area contributed by atoms with E-state index in [1.54, 1.807) is 18.2 Å². The van der Waals surface area contributed by atoms with Crippen molar-refractivity contribution in [2.45, 2.75) is 6.54 Å². The summed E-state index contributed by atoms with van der Waals surface area (Å²) in [5, 5.41) is 13.7. The van der Waals surface area contributed by atoms with Gasteiger partial charge in [-0.25, -0.2) is 9.37 Å². The molecule has 7 nitrogen and oxygen atoms in total. The Balaban J connectivity index is 2.26. The zero-order valence-electron chi connectivity index (χ0n) is 10.5. The third-order valence-corrected chi connectivity index (χ3v) is 2.57. The Morgan fingerprint density at radius 2 is 2.15 bits per heavy atom. The quantitative estimate of drug-likeness (QED) is 0.665. The Labute approximate surface area is 113 Å². The highest BCUT2D eigenvalue weighted by Crippen LogP contribution is 2.30. The fraction of sp³-hybridized carbons (Fsp3) is 0.167. The molecule has 0 amide bonds. The Morgan fingerprint density at radius 3 is 2.80 bits per heavy atom. The summed E-state index contributed by atoms with van der Waals surface area (Å²) in [4.78, 5) is 17.8. The highest BCUT2D eigenvalue weighted by atomic mass is 19.1. The average molecular weight is 278 g/mol. The van der Waals surface area contributed by atoms with Crippen LogP contribution in [-0.2, 0) is 6.54 Å². The van der Waals surface area contributed by atoms with Crippen molar-refractivity contribution in [3.05, 3.63) is 52.1 Å². The molecule has 0 radical (unpaired) electrons. The molecule has 0 aliphatic carbocycles. The van der Waals surface area contributed by atoms with Gasteiger partial charge in [-0.2, -0.15) is 4.98 Å². The van der Waals surface area contributed by atoms with Crippen molar-refractivity contribution in [3.63, 3.8) is 0 Å². The first kappa shape index (κ1) is 13.7. The van der Waals surface area contributed by atoms with Gasteiger partial charge < -0.3 is 10.1 Å². The van der Waals surface area contributed by atoms with Crippen molar-refractivity contribution in [1.82, 2.24) is 9.97 Å². The summed E-state index contributed by atoms with van der Waals surface area (Å²) in [6.07, 6.45) is 1.13. The highest BCUT2D eigenvalue weighted by Gasteiger charge is 2.23. The number of benzene rings is 1. The molecule has 1 heterocycles. The number of halogens is 1. The zero-order chi connectivity index (χ0) is 14.5. The van der Waals surface area contributed by atoms with Crippen LogP contribution in [0.5, 0.6) is 5.88 Å². The van der Waals surface area contributed by atoms with Gasteiger partial charge in [-0.3, -0.25) is 10.1 Å². The Bertz CT molecular complexity index is 636. The Hall–Kier alpha value is -2.77. The van der Waals surface area contributed by atoms with E-state index < -0.39 is 10.7 Å². The van der Waals surface area contributed by atoms with Crippen molar-refractivity contribution < 1.29 is 14.1 Å². The summed E-state index contributed by atoms with van der Waals surface area (Å²) in [5.74, 6) is -0.574. The molecule has 104 valence electrons. The summed E-state index contributed by atoms with van der Waals surface area (Å²) in [5.41, 5.74) is -0.00860. The number of aromatic nitrogens is 2. The van der Waals surface area contributed by atoms with Crippen LogP contribution < -0.4 is 10.1 Å².